The molecule has 0 aromatic carbocycles. The normalized spacial score (nSPS) is 30.2. The summed E-state index contributed by atoms with van der Waals surface area (Å²) in [7, 11) is 0. The van der Waals surface area contributed by atoms with Crippen molar-refractivity contribution in [2.24, 2.45) is 0 Å². The highest BCUT2D eigenvalue weighted by molar-refractivity contribution is 5.17. The van der Waals surface area contributed by atoms with E-state index in [1.54, 1.807) is 0 Å². The average Bonchev–Trinajstić information content (AvgIpc) is 2.18. The van der Waals surface area contributed by atoms with Crippen molar-refractivity contribution in [3.8, 4) is 0 Å². The third-order valence-corrected chi connectivity index (χ3v) is 1.64. The molecule has 1 aliphatic carbocycles. The summed E-state index contributed by atoms with van der Waals surface area (Å²) in [6, 6.07) is 0. The second kappa shape index (κ2) is 7.35. The Morgan fingerprint density at radius 1 is 0.462 bits per heavy atom. The van der Waals surface area contributed by atoms with Gasteiger partial charge in [-0.1, -0.05) is 60.8 Å². The molecule has 0 spiro atoms. The van der Waals surface area contributed by atoms with Gasteiger partial charge in [-0.2, -0.15) is 0 Å². The molecular weight excluding hydrogens is 156 g/mol. The summed E-state index contributed by atoms with van der Waals surface area (Å²) < 4.78 is 0. The molecule has 0 atom stereocenters. The molecule has 0 nitrogen and oxygen atoms in total. The van der Waals surface area contributed by atoms with Crippen molar-refractivity contribution < 1.29 is 0 Å². The predicted molar refractivity (Wildman–Crippen MR) is 59.2 cm³/mol. The molecule has 0 heteroatoms. The Bertz CT molecular complexity index is 249. The van der Waals surface area contributed by atoms with Gasteiger partial charge in [0.15, 0.2) is 0 Å². The summed E-state index contributed by atoms with van der Waals surface area (Å²) >= 11 is 0. The summed E-state index contributed by atoms with van der Waals surface area (Å²) in [4.78, 5) is 0. The summed E-state index contributed by atoms with van der Waals surface area (Å²) in [6.45, 7) is 0. The molecule has 13 heavy (non-hydrogen) atoms. The van der Waals surface area contributed by atoms with Gasteiger partial charge in [-0.25, -0.2) is 0 Å². The SMILES string of the molecule is [CH]1/C=C/C/C=C/C=C\C=C\C=C\C1. The maximum Gasteiger partial charge on any atom is -0.0133 e. The van der Waals surface area contributed by atoms with E-state index in [1.165, 1.54) is 0 Å². The maximum absolute atomic E-state index is 2.16. The lowest BCUT2D eigenvalue weighted by molar-refractivity contribution is 1.27. The maximum atomic E-state index is 2.16. The minimum atomic E-state index is 1.01. The lowest BCUT2D eigenvalue weighted by Crippen LogP contribution is -1.65. The van der Waals surface area contributed by atoms with E-state index in [4.69, 9.17) is 0 Å². The van der Waals surface area contributed by atoms with Crippen molar-refractivity contribution in [2.45, 2.75) is 12.8 Å². The molecule has 67 valence electrons. The van der Waals surface area contributed by atoms with E-state index in [1.807, 2.05) is 24.3 Å². The lowest BCUT2D eigenvalue weighted by Gasteiger charge is -1.84. The van der Waals surface area contributed by atoms with Gasteiger partial charge in [0, 0.05) is 0 Å². The summed E-state index contributed by atoms with van der Waals surface area (Å²) in [5, 5.41) is 0. The summed E-state index contributed by atoms with van der Waals surface area (Å²) in [5.41, 5.74) is 0. The standard InChI is InChI=1S/C13H15/c1-2-4-6-8-10-12-13-11-9-7-5-3-1/h1-8,11-13H,9-10H2/b3-1-,4-2+,7-5+,8-6+,13-11+. The predicted octanol–water partition coefficient (Wildman–Crippen LogP) is 3.77. The van der Waals surface area contributed by atoms with Gasteiger partial charge in [0.1, 0.15) is 0 Å². The van der Waals surface area contributed by atoms with Crippen LogP contribution in [-0.4, -0.2) is 0 Å². The van der Waals surface area contributed by atoms with Crippen LogP contribution in [0, 0.1) is 6.42 Å². The van der Waals surface area contributed by atoms with E-state index in [9.17, 15) is 0 Å². The van der Waals surface area contributed by atoms with Gasteiger partial charge >= 0.3 is 0 Å². The van der Waals surface area contributed by atoms with E-state index in [0.717, 1.165) is 12.8 Å². The van der Waals surface area contributed by atoms with Crippen molar-refractivity contribution in [2.75, 3.05) is 0 Å². The van der Waals surface area contributed by atoms with Gasteiger partial charge in [-0.15, -0.1) is 0 Å². The highest BCUT2D eigenvalue weighted by Gasteiger charge is 1.76. The molecule has 0 amide bonds. The van der Waals surface area contributed by atoms with Crippen molar-refractivity contribution in [3.63, 3.8) is 0 Å². The fourth-order valence-corrected chi connectivity index (χ4v) is 0.981. The Kier molecular flexibility index (Phi) is 5.54. The third kappa shape index (κ3) is 5.92. The Labute approximate surface area is 80.7 Å². The van der Waals surface area contributed by atoms with Crippen LogP contribution in [0.25, 0.3) is 0 Å². The van der Waals surface area contributed by atoms with Crippen LogP contribution < -0.4 is 0 Å². The average molecular weight is 171 g/mol. The highest BCUT2D eigenvalue weighted by atomic mass is 13.8. The molecular formula is C13H15. The molecule has 1 radical (unpaired) electrons. The molecule has 0 fully saturated rings. The molecule has 0 saturated heterocycles. The topological polar surface area (TPSA) is 0 Å². The van der Waals surface area contributed by atoms with Crippen LogP contribution in [0.15, 0.2) is 60.8 Å². The van der Waals surface area contributed by atoms with Gasteiger partial charge in [-0.3, -0.25) is 0 Å². The van der Waals surface area contributed by atoms with Gasteiger partial charge in [0.2, 0.25) is 0 Å². The van der Waals surface area contributed by atoms with Crippen LogP contribution >= 0.6 is 0 Å². The number of hydrogen-bond donors (Lipinski definition) is 0. The zero-order chi connectivity index (χ0) is 9.19. The Hall–Kier alpha value is -1.30. The minimum Gasteiger partial charge on any atom is -0.0844 e. The number of hydrogen-bond acceptors (Lipinski definition) is 0. The zero-order valence-electron chi connectivity index (χ0n) is 7.77. The zero-order valence-corrected chi connectivity index (χ0v) is 7.77. The van der Waals surface area contributed by atoms with Crippen LogP contribution in [0.4, 0.5) is 0 Å². The fraction of sp³-hybridized carbons (Fsp3) is 0.154. The van der Waals surface area contributed by atoms with Crippen LogP contribution in [0.1, 0.15) is 12.8 Å². The van der Waals surface area contributed by atoms with E-state index in [0.29, 0.717) is 0 Å². The first-order valence-electron chi connectivity index (χ1n) is 4.63. The van der Waals surface area contributed by atoms with Gasteiger partial charge in [0.25, 0.3) is 0 Å². The van der Waals surface area contributed by atoms with E-state index in [2.05, 4.69) is 42.9 Å². The van der Waals surface area contributed by atoms with Crippen molar-refractivity contribution in [1.29, 1.82) is 0 Å². The molecule has 0 saturated carbocycles. The molecule has 0 N–H and O–H groups in total. The first-order chi connectivity index (χ1) is 6.50. The van der Waals surface area contributed by atoms with Crippen LogP contribution in [-0.2, 0) is 0 Å². The van der Waals surface area contributed by atoms with Crippen molar-refractivity contribution >= 4 is 0 Å². The molecule has 0 aromatic heterocycles. The second-order valence-electron chi connectivity index (χ2n) is 2.76. The quantitative estimate of drug-likeness (QED) is 0.520. The molecule has 0 heterocycles. The summed E-state index contributed by atoms with van der Waals surface area (Å²) in [6.07, 6.45) is 25.0. The third-order valence-electron chi connectivity index (χ3n) is 1.64. The number of allylic oxidation sites excluding steroid dienone is 10. The van der Waals surface area contributed by atoms with Gasteiger partial charge in [-0.05, 0) is 19.3 Å². The molecule has 0 unspecified atom stereocenters. The fourth-order valence-electron chi connectivity index (χ4n) is 0.981. The Morgan fingerprint density at radius 2 is 1.00 bits per heavy atom. The second-order valence-corrected chi connectivity index (χ2v) is 2.76. The molecule has 0 bridgehead atoms. The van der Waals surface area contributed by atoms with Gasteiger partial charge in [0.05, 0.1) is 0 Å². The monoisotopic (exact) mass is 171 g/mol. The Balaban J connectivity index is 2.50. The smallest absolute Gasteiger partial charge is 0.0133 e. The largest absolute Gasteiger partial charge is 0.0844 e. The first-order valence-corrected chi connectivity index (χ1v) is 4.63. The first kappa shape index (κ1) is 9.79. The van der Waals surface area contributed by atoms with Crippen molar-refractivity contribution in [3.05, 3.63) is 67.2 Å². The van der Waals surface area contributed by atoms with E-state index >= 15 is 0 Å². The van der Waals surface area contributed by atoms with E-state index in [-0.39, 0.29) is 0 Å². The lowest BCUT2D eigenvalue weighted by atomic mass is 10.2. The molecule has 1 aliphatic rings. The van der Waals surface area contributed by atoms with E-state index < -0.39 is 0 Å². The highest BCUT2D eigenvalue weighted by Crippen LogP contribution is 1.95. The van der Waals surface area contributed by atoms with Crippen molar-refractivity contribution in [1.82, 2.24) is 0 Å². The Morgan fingerprint density at radius 3 is 1.77 bits per heavy atom. The minimum absolute atomic E-state index is 1.01. The molecule has 0 aromatic rings. The van der Waals surface area contributed by atoms with Crippen LogP contribution in [0.5, 0.6) is 0 Å². The van der Waals surface area contributed by atoms with Crippen LogP contribution in [0.2, 0.25) is 0 Å². The number of rotatable bonds is 0. The molecule has 1 rings (SSSR count). The summed E-state index contributed by atoms with van der Waals surface area (Å²) in [5.74, 6) is 0. The molecule has 0 aliphatic heterocycles. The van der Waals surface area contributed by atoms with Gasteiger partial charge < -0.3 is 0 Å². The van der Waals surface area contributed by atoms with Crippen LogP contribution in [0.3, 0.4) is 0 Å².